The number of aromatic nitrogens is 2. The Hall–Kier alpha value is -2.02. The first-order chi connectivity index (χ1) is 10.1. The summed E-state index contributed by atoms with van der Waals surface area (Å²) in [5.74, 6) is -1.20. The molecule has 1 aromatic heterocycles. The van der Waals surface area contributed by atoms with Crippen molar-refractivity contribution < 1.29 is 18.0 Å². The van der Waals surface area contributed by atoms with Gasteiger partial charge in [0.15, 0.2) is 29.8 Å². The molecule has 2 aromatic rings. The van der Waals surface area contributed by atoms with Crippen molar-refractivity contribution >= 4 is 0 Å². The number of rotatable bonds is 7. The Morgan fingerprint density at radius 2 is 2.00 bits per heavy atom. The Labute approximate surface area is 121 Å². The highest BCUT2D eigenvalue weighted by atomic mass is 19.1. The minimum absolute atomic E-state index is 0.171. The fourth-order valence-electron chi connectivity index (χ4n) is 1.86. The summed E-state index contributed by atoms with van der Waals surface area (Å²) < 4.78 is 37.7. The number of hydrogen-bond donors (Lipinski definition) is 1. The fraction of sp³-hybridized carbons (Fsp3) is 0.429. The second-order valence-corrected chi connectivity index (χ2v) is 4.56. The maximum Gasteiger partial charge on any atom is 0.264 e. The molecule has 21 heavy (non-hydrogen) atoms. The van der Waals surface area contributed by atoms with Crippen LogP contribution in [-0.2, 0) is 19.6 Å². The van der Waals surface area contributed by atoms with Crippen molar-refractivity contribution in [2.75, 3.05) is 7.05 Å². The molecule has 0 bridgehead atoms. The van der Waals surface area contributed by atoms with Crippen molar-refractivity contribution in [1.82, 2.24) is 15.5 Å². The van der Waals surface area contributed by atoms with Crippen LogP contribution < -0.4 is 10.1 Å². The average molecular weight is 297 g/mol. The molecule has 0 aliphatic rings. The number of benzene rings is 1. The van der Waals surface area contributed by atoms with Gasteiger partial charge >= 0.3 is 0 Å². The van der Waals surface area contributed by atoms with Crippen molar-refractivity contribution in [3.63, 3.8) is 0 Å². The SMILES string of the molecule is CCCc1noc(COc2c(F)cc(CNC)cc2F)n1. The van der Waals surface area contributed by atoms with Crippen LogP contribution in [0.3, 0.4) is 0 Å². The van der Waals surface area contributed by atoms with E-state index in [4.69, 9.17) is 9.26 Å². The zero-order valence-electron chi connectivity index (χ0n) is 11.9. The number of aryl methyl sites for hydroxylation is 1. The second-order valence-electron chi connectivity index (χ2n) is 4.56. The fourth-order valence-corrected chi connectivity index (χ4v) is 1.86. The molecule has 0 atom stereocenters. The molecule has 0 saturated heterocycles. The molecule has 0 amide bonds. The Morgan fingerprint density at radius 3 is 2.62 bits per heavy atom. The first-order valence-electron chi connectivity index (χ1n) is 6.70. The summed E-state index contributed by atoms with van der Waals surface area (Å²) in [5, 5.41) is 6.56. The van der Waals surface area contributed by atoms with E-state index in [9.17, 15) is 8.78 Å². The van der Waals surface area contributed by atoms with Gasteiger partial charge in [0.05, 0.1) is 0 Å². The van der Waals surface area contributed by atoms with E-state index < -0.39 is 17.4 Å². The third kappa shape index (κ3) is 3.98. The monoisotopic (exact) mass is 297 g/mol. The molecule has 0 saturated carbocycles. The number of halogens is 2. The van der Waals surface area contributed by atoms with Gasteiger partial charge in [-0.3, -0.25) is 0 Å². The molecule has 0 unspecified atom stereocenters. The topological polar surface area (TPSA) is 60.2 Å². The van der Waals surface area contributed by atoms with Crippen LogP contribution in [0.4, 0.5) is 8.78 Å². The normalized spacial score (nSPS) is 10.9. The molecule has 0 radical (unpaired) electrons. The minimum Gasteiger partial charge on any atom is -0.478 e. The number of nitrogens with zero attached hydrogens (tertiary/aromatic N) is 2. The van der Waals surface area contributed by atoms with E-state index in [-0.39, 0.29) is 12.5 Å². The highest BCUT2D eigenvalue weighted by Gasteiger charge is 2.14. The van der Waals surface area contributed by atoms with Gasteiger partial charge in [0.2, 0.25) is 0 Å². The molecular weight excluding hydrogens is 280 g/mol. The summed E-state index contributed by atoms with van der Waals surface area (Å²) in [6.07, 6.45) is 1.57. The third-order valence-electron chi connectivity index (χ3n) is 2.76. The molecule has 2 rings (SSSR count). The van der Waals surface area contributed by atoms with Gasteiger partial charge in [0.25, 0.3) is 5.89 Å². The molecule has 0 spiro atoms. The van der Waals surface area contributed by atoms with E-state index in [1.165, 1.54) is 12.1 Å². The lowest BCUT2D eigenvalue weighted by atomic mass is 10.2. The quantitative estimate of drug-likeness (QED) is 0.851. The molecule has 1 N–H and O–H groups in total. The van der Waals surface area contributed by atoms with Gasteiger partial charge < -0.3 is 14.6 Å². The molecule has 0 aliphatic heterocycles. The molecule has 7 heteroatoms. The second kappa shape index (κ2) is 7.12. The van der Waals surface area contributed by atoms with Crippen LogP contribution in [0.25, 0.3) is 0 Å². The smallest absolute Gasteiger partial charge is 0.264 e. The summed E-state index contributed by atoms with van der Waals surface area (Å²) in [4.78, 5) is 4.06. The Morgan fingerprint density at radius 1 is 1.29 bits per heavy atom. The highest BCUT2D eigenvalue weighted by molar-refractivity contribution is 5.31. The number of hydrogen-bond acceptors (Lipinski definition) is 5. The van der Waals surface area contributed by atoms with Crippen LogP contribution in [-0.4, -0.2) is 17.2 Å². The predicted octanol–water partition coefficient (Wildman–Crippen LogP) is 2.60. The molecule has 5 nitrogen and oxygen atoms in total. The van der Waals surface area contributed by atoms with Crippen LogP contribution in [0.1, 0.15) is 30.6 Å². The molecule has 1 heterocycles. The molecule has 0 fully saturated rings. The van der Waals surface area contributed by atoms with Gasteiger partial charge in [-0.2, -0.15) is 4.98 Å². The Kier molecular flexibility index (Phi) is 5.21. The zero-order chi connectivity index (χ0) is 15.2. The first-order valence-corrected chi connectivity index (χ1v) is 6.70. The van der Waals surface area contributed by atoms with Gasteiger partial charge in [0.1, 0.15) is 0 Å². The zero-order valence-corrected chi connectivity index (χ0v) is 11.9. The standard InChI is InChI=1S/C14H17F2N3O2/c1-3-4-12-18-13(21-19-12)8-20-14-10(15)5-9(7-17-2)6-11(14)16/h5-6,17H,3-4,7-8H2,1-2H3. The van der Waals surface area contributed by atoms with Gasteiger partial charge in [-0.1, -0.05) is 12.1 Å². The summed E-state index contributed by atoms with van der Waals surface area (Å²) in [6, 6.07) is 2.45. The van der Waals surface area contributed by atoms with E-state index in [1.807, 2.05) is 6.92 Å². The van der Waals surface area contributed by atoms with E-state index in [0.717, 1.165) is 6.42 Å². The van der Waals surface area contributed by atoms with Gasteiger partial charge in [0, 0.05) is 13.0 Å². The van der Waals surface area contributed by atoms with E-state index in [2.05, 4.69) is 15.5 Å². The van der Waals surface area contributed by atoms with Gasteiger partial charge in [-0.25, -0.2) is 8.78 Å². The van der Waals surface area contributed by atoms with E-state index in [1.54, 1.807) is 7.05 Å². The molecule has 0 aliphatic carbocycles. The van der Waals surface area contributed by atoms with Crippen molar-refractivity contribution in [2.45, 2.75) is 32.9 Å². The molecule has 1 aromatic carbocycles. The lowest BCUT2D eigenvalue weighted by molar-refractivity contribution is 0.224. The maximum absolute atomic E-state index is 13.8. The summed E-state index contributed by atoms with van der Waals surface area (Å²) >= 11 is 0. The lowest BCUT2D eigenvalue weighted by Gasteiger charge is -2.08. The van der Waals surface area contributed by atoms with Crippen molar-refractivity contribution in [2.24, 2.45) is 0 Å². The summed E-state index contributed by atoms with van der Waals surface area (Å²) in [6.45, 7) is 2.19. The van der Waals surface area contributed by atoms with Crippen LogP contribution in [0.5, 0.6) is 5.75 Å². The largest absolute Gasteiger partial charge is 0.478 e. The maximum atomic E-state index is 13.8. The van der Waals surface area contributed by atoms with Crippen LogP contribution in [0.2, 0.25) is 0 Å². The van der Waals surface area contributed by atoms with E-state index >= 15 is 0 Å². The first kappa shape index (κ1) is 15.4. The Balaban J connectivity index is 2.05. The molecular formula is C14H17F2N3O2. The van der Waals surface area contributed by atoms with Crippen molar-refractivity contribution in [3.05, 3.63) is 41.0 Å². The van der Waals surface area contributed by atoms with Crippen LogP contribution in [0, 0.1) is 11.6 Å². The van der Waals surface area contributed by atoms with Crippen LogP contribution >= 0.6 is 0 Å². The van der Waals surface area contributed by atoms with Gasteiger partial charge in [-0.15, -0.1) is 0 Å². The third-order valence-corrected chi connectivity index (χ3v) is 2.76. The van der Waals surface area contributed by atoms with Crippen LogP contribution in [0.15, 0.2) is 16.7 Å². The van der Waals surface area contributed by atoms with Crippen molar-refractivity contribution in [1.29, 1.82) is 0 Å². The van der Waals surface area contributed by atoms with Gasteiger partial charge in [-0.05, 0) is 31.2 Å². The Bertz CT molecular complexity index is 579. The predicted molar refractivity (Wildman–Crippen MR) is 71.7 cm³/mol. The average Bonchev–Trinajstić information content (AvgIpc) is 2.86. The van der Waals surface area contributed by atoms with Crippen molar-refractivity contribution in [3.8, 4) is 5.75 Å². The minimum atomic E-state index is -0.756. The number of nitrogens with one attached hydrogen (secondary N) is 1. The highest BCUT2D eigenvalue weighted by Crippen LogP contribution is 2.24. The summed E-state index contributed by atoms with van der Waals surface area (Å²) in [7, 11) is 1.70. The lowest BCUT2D eigenvalue weighted by Crippen LogP contribution is -2.07. The summed E-state index contributed by atoms with van der Waals surface area (Å²) in [5.41, 5.74) is 0.503. The number of ether oxygens (including phenoxy) is 1. The molecule has 114 valence electrons. The van der Waals surface area contributed by atoms with E-state index in [0.29, 0.717) is 24.4 Å².